The highest BCUT2D eigenvalue weighted by molar-refractivity contribution is 7.97. The van der Waals surface area contributed by atoms with Crippen molar-refractivity contribution in [3.05, 3.63) is 119 Å². The van der Waals surface area contributed by atoms with Crippen LogP contribution in [0.15, 0.2) is 106 Å². The third-order valence-corrected chi connectivity index (χ3v) is 7.85. The van der Waals surface area contributed by atoms with E-state index in [1.165, 1.54) is 14.7 Å². The average molecular weight is 460 g/mol. The van der Waals surface area contributed by atoms with E-state index in [2.05, 4.69) is 101 Å². The predicted molar refractivity (Wildman–Crippen MR) is 133 cm³/mol. The molecule has 0 bridgehead atoms. The summed E-state index contributed by atoms with van der Waals surface area (Å²) in [6.45, 7) is 13.9. The number of nitriles is 2. The third-order valence-electron chi connectivity index (χ3n) is 5.62. The lowest BCUT2D eigenvalue weighted by Gasteiger charge is -2.09. The highest BCUT2D eigenvalue weighted by Crippen LogP contribution is 2.39. The van der Waals surface area contributed by atoms with Crippen LogP contribution in [0.5, 0.6) is 0 Å². The first-order valence-corrected chi connectivity index (χ1v) is 11.8. The standard InChI is InChI=1S/C18H15S.C10H6N5/c1-4-10-16(11-5-1)19(17-12-6-2-7-13-17)18-14-8-3-9-15-18;1-14-9-7(4-12)6(3-11)8(5-13)10(9)15-2/h1-15H;4,6-10H/q+1;-1. The minimum Gasteiger partial charge on any atom is -0.814 e. The van der Waals surface area contributed by atoms with E-state index in [-0.39, 0.29) is 10.9 Å². The van der Waals surface area contributed by atoms with Crippen LogP contribution in [0.3, 0.4) is 0 Å². The zero-order chi connectivity index (χ0) is 24.3. The molecule has 0 aliphatic heterocycles. The van der Waals surface area contributed by atoms with Gasteiger partial charge in [-0.1, -0.05) is 54.6 Å². The lowest BCUT2D eigenvalue weighted by Crippen LogP contribution is -2.22. The molecule has 0 spiro atoms. The Morgan fingerprint density at radius 3 is 1.35 bits per heavy atom. The van der Waals surface area contributed by atoms with Gasteiger partial charge in [0.05, 0.1) is 34.9 Å². The lowest BCUT2D eigenvalue weighted by molar-refractivity contribution is 0.531. The van der Waals surface area contributed by atoms with E-state index in [0.29, 0.717) is 0 Å². The molecule has 5 unspecified atom stereocenters. The van der Waals surface area contributed by atoms with Crippen molar-refractivity contribution < 1.29 is 0 Å². The van der Waals surface area contributed by atoms with Crippen LogP contribution < -0.4 is 0 Å². The number of hydrogen-bond donors (Lipinski definition) is 0. The fraction of sp³-hybridized carbons (Fsp3) is 0.179. The van der Waals surface area contributed by atoms with Crippen LogP contribution in [-0.4, -0.2) is 18.3 Å². The van der Waals surface area contributed by atoms with Gasteiger partial charge in [-0.05, 0) is 36.4 Å². The Morgan fingerprint density at radius 1 is 0.676 bits per heavy atom. The molecule has 0 aromatic heterocycles. The quantitative estimate of drug-likeness (QED) is 0.277. The molecule has 0 saturated heterocycles. The second kappa shape index (κ2) is 12.0. The zero-order valence-corrected chi connectivity index (χ0v) is 19.1. The van der Waals surface area contributed by atoms with Crippen LogP contribution in [0.25, 0.3) is 15.1 Å². The van der Waals surface area contributed by atoms with Crippen molar-refractivity contribution in [3.63, 3.8) is 0 Å². The van der Waals surface area contributed by atoms with E-state index in [1.807, 2.05) is 12.1 Å². The van der Waals surface area contributed by atoms with Gasteiger partial charge in [0, 0.05) is 0 Å². The molecule has 0 heterocycles. The molecule has 1 saturated carbocycles. The summed E-state index contributed by atoms with van der Waals surface area (Å²) in [5.41, 5.74) is 0. The molecule has 3 aromatic rings. The summed E-state index contributed by atoms with van der Waals surface area (Å²) in [5.74, 6) is -2.26. The van der Waals surface area contributed by atoms with E-state index in [0.717, 1.165) is 6.21 Å². The molecule has 5 nitrogen and oxygen atoms in total. The Hall–Kier alpha value is -4.36. The molecule has 3 aromatic carbocycles. The SMILES string of the molecule is [C-]#[N+]C1C(C#N)C(C#N)C(C=[N-])C1[N+]#[C-].c1ccc([S+](c2ccccc2)c2ccccc2)cc1. The lowest BCUT2D eigenvalue weighted by atomic mass is 9.91. The van der Waals surface area contributed by atoms with Gasteiger partial charge in [-0.2, -0.15) is 10.5 Å². The van der Waals surface area contributed by atoms with Gasteiger partial charge in [-0.15, -0.1) is 0 Å². The maximum Gasteiger partial charge on any atom is 0.314 e. The van der Waals surface area contributed by atoms with Gasteiger partial charge in [0.2, 0.25) is 0 Å². The molecule has 1 aliphatic carbocycles. The van der Waals surface area contributed by atoms with Crippen LogP contribution in [0, 0.1) is 53.6 Å². The van der Waals surface area contributed by atoms with Gasteiger partial charge in [-0.3, -0.25) is 0 Å². The van der Waals surface area contributed by atoms with Gasteiger partial charge >= 0.3 is 12.1 Å². The van der Waals surface area contributed by atoms with Crippen molar-refractivity contribution in [1.82, 2.24) is 0 Å². The second-order valence-corrected chi connectivity index (χ2v) is 9.55. The Balaban J connectivity index is 0.000000197. The largest absolute Gasteiger partial charge is 0.814 e. The highest BCUT2D eigenvalue weighted by Gasteiger charge is 2.58. The molecule has 1 fully saturated rings. The minimum absolute atomic E-state index is 0.0146. The topological polar surface area (TPSA) is 78.6 Å². The van der Waals surface area contributed by atoms with Crippen molar-refractivity contribution in [1.29, 1.82) is 10.5 Å². The fourth-order valence-electron chi connectivity index (χ4n) is 4.01. The van der Waals surface area contributed by atoms with E-state index in [4.69, 9.17) is 29.1 Å². The highest BCUT2D eigenvalue weighted by atomic mass is 32.2. The Labute approximate surface area is 203 Å². The summed E-state index contributed by atoms with van der Waals surface area (Å²) in [6.07, 6.45) is 0.770. The number of benzene rings is 3. The first kappa shape index (κ1) is 24.3. The molecule has 1 aliphatic rings. The summed E-state index contributed by atoms with van der Waals surface area (Å²) in [5, 5.41) is 26.7. The van der Waals surface area contributed by atoms with E-state index in [1.54, 1.807) is 0 Å². The van der Waals surface area contributed by atoms with Crippen molar-refractivity contribution in [2.45, 2.75) is 26.8 Å². The Bertz CT molecular complexity index is 1120. The van der Waals surface area contributed by atoms with Gasteiger partial charge < -0.3 is 15.1 Å². The summed E-state index contributed by atoms with van der Waals surface area (Å²) < 4.78 is 0. The third kappa shape index (κ3) is 5.16. The van der Waals surface area contributed by atoms with Gasteiger partial charge in [0.25, 0.3) is 0 Å². The van der Waals surface area contributed by atoms with Crippen LogP contribution in [0.1, 0.15) is 0 Å². The van der Waals surface area contributed by atoms with E-state index in [9.17, 15) is 0 Å². The van der Waals surface area contributed by atoms with Gasteiger partial charge in [0.15, 0.2) is 14.7 Å². The van der Waals surface area contributed by atoms with Gasteiger partial charge in [-0.25, -0.2) is 19.4 Å². The summed E-state index contributed by atoms with van der Waals surface area (Å²) in [6, 6.07) is 34.3. The first-order valence-electron chi connectivity index (χ1n) is 10.6. The molecule has 5 atom stereocenters. The zero-order valence-electron chi connectivity index (χ0n) is 18.3. The van der Waals surface area contributed by atoms with Crippen molar-refractivity contribution >= 4 is 17.1 Å². The fourth-order valence-corrected chi connectivity index (χ4v) is 6.11. The van der Waals surface area contributed by atoms with Crippen molar-refractivity contribution in [3.8, 4) is 12.1 Å². The Morgan fingerprint density at radius 2 is 1.06 bits per heavy atom. The maximum atomic E-state index is 8.96. The van der Waals surface area contributed by atoms with E-state index < -0.39 is 29.8 Å². The summed E-state index contributed by atoms with van der Waals surface area (Å²) >= 11 is 0. The normalized spacial score (nSPS) is 22.7. The molecule has 6 heteroatoms. The Kier molecular flexibility index (Phi) is 8.60. The van der Waals surface area contributed by atoms with Gasteiger partial charge in [0.1, 0.15) is 5.92 Å². The molecule has 4 rings (SSSR count). The molecule has 34 heavy (non-hydrogen) atoms. The van der Waals surface area contributed by atoms with Crippen LogP contribution in [0.4, 0.5) is 0 Å². The summed E-state index contributed by atoms with van der Waals surface area (Å²) in [4.78, 5) is 10.5. The smallest absolute Gasteiger partial charge is 0.314 e. The molecule has 0 amide bonds. The monoisotopic (exact) mass is 459 g/mol. The van der Waals surface area contributed by atoms with E-state index >= 15 is 0 Å². The maximum absolute atomic E-state index is 8.96. The first-order chi connectivity index (χ1) is 16.7. The predicted octanol–water partition coefficient (Wildman–Crippen LogP) is 5.89. The molecule has 0 radical (unpaired) electrons. The molecule has 164 valence electrons. The van der Waals surface area contributed by atoms with Crippen LogP contribution in [0.2, 0.25) is 0 Å². The van der Waals surface area contributed by atoms with Crippen molar-refractivity contribution in [2.75, 3.05) is 0 Å². The summed E-state index contributed by atoms with van der Waals surface area (Å²) in [7, 11) is -0.0146. The van der Waals surface area contributed by atoms with Crippen LogP contribution in [-0.2, 0) is 10.9 Å². The average Bonchev–Trinajstić information content (AvgIpc) is 3.22. The number of rotatable bonds is 4. The molecular weight excluding hydrogens is 438 g/mol. The second-order valence-electron chi connectivity index (χ2n) is 7.52. The number of nitrogens with zero attached hydrogens (tertiary/aromatic N) is 5. The molecule has 0 N–H and O–H groups in total. The minimum atomic E-state index is -0.814. The molecular formula is C28H21N5S. The van der Waals surface area contributed by atoms with Crippen molar-refractivity contribution in [2.24, 2.45) is 17.8 Å². The van der Waals surface area contributed by atoms with Crippen LogP contribution >= 0.6 is 0 Å². The number of hydrogen-bond acceptors (Lipinski definition) is 2.